The first-order valence-electron chi connectivity index (χ1n) is 10.7. The normalized spacial score (nSPS) is 32.6. The zero-order chi connectivity index (χ0) is 19.6. The molecule has 1 amide bonds. The Hall–Kier alpha value is -1.93. The SMILES string of the molecule is O=C1NCCCOC2CCC3NNC(c4cc(cc(C5=CCOC5)c4)CO1)C3C2. The van der Waals surface area contributed by atoms with Crippen molar-refractivity contribution in [3.8, 4) is 0 Å². The van der Waals surface area contributed by atoms with E-state index in [0.717, 1.165) is 36.8 Å². The summed E-state index contributed by atoms with van der Waals surface area (Å²) >= 11 is 0. The van der Waals surface area contributed by atoms with Crippen LogP contribution in [0.1, 0.15) is 48.4 Å². The highest BCUT2D eigenvalue weighted by atomic mass is 16.5. The number of nitrogens with one attached hydrogen (secondary N) is 3. The summed E-state index contributed by atoms with van der Waals surface area (Å²) in [4.78, 5) is 12.0. The molecule has 0 radical (unpaired) electrons. The molecule has 4 unspecified atom stereocenters. The lowest BCUT2D eigenvalue weighted by Gasteiger charge is -2.33. The van der Waals surface area contributed by atoms with Crippen molar-refractivity contribution in [3.05, 3.63) is 41.0 Å². The quantitative estimate of drug-likeness (QED) is 0.673. The number of fused-ring (bicyclic) bond motifs is 4. The van der Waals surface area contributed by atoms with Crippen LogP contribution < -0.4 is 16.2 Å². The minimum atomic E-state index is -0.380. The number of carbonyl (C=O) groups excluding carboxylic acids is 1. The Balaban J connectivity index is 1.48. The van der Waals surface area contributed by atoms with Crippen LogP contribution in [0.5, 0.6) is 0 Å². The number of alkyl carbamates (subject to hydrolysis) is 1. The summed E-state index contributed by atoms with van der Waals surface area (Å²) in [6, 6.07) is 7.22. The molecule has 4 aliphatic rings. The van der Waals surface area contributed by atoms with Gasteiger partial charge in [0.1, 0.15) is 6.61 Å². The lowest BCUT2D eigenvalue weighted by molar-refractivity contribution is 0.00716. The van der Waals surface area contributed by atoms with Gasteiger partial charge in [-0.25, -0.2) is 10.2 Å². The van der Waals surface area contributed by atoms with Crippen LogP contribution in [0.25, 0.3) is 5.57 Å². The van der Waals surface area contributed by atoms with Crippen LogP contribution in [0.2, 0.25) is 0 Å². The first kappa shape index (κ1) is 19.1. The van der Waals surface area contributed by atoms with Crippen molar-refractivity contribution in [2.45, 2.75) is 50.5 Å². The van der Waals surface area contributed by atoms with E-state index >= 15 is 0 Å². The van der Waals surface area contributed by atoms with Gasteiger partial charge in [0.25, 0.3) is 0 Å². The predicted octanol–water partition coefficient (Wildman–Crippen LogP) is 2.43. The number of ether oxygens (including phenoxy) is 3. The highest BCUT2D eigenvalue weighted by molar-refractivity contribution is 5.69. The first-order chi connectivity index (χ1) is 14.3. The molecule has 7 nitrogen and oxygen atoms in total. The van der Waals surface area contributed by atoms with E-state index in [4.69, 9.17) is 14.2 Å². The Morgan fingerprint density at radius 1 is 1.07 bits per heavy atom. The fourth-order valence-electron chi connectivity index (χ4n) is 4.97. The first-order valence-corrected chi connectivity index (χ1v) is 10.7. The molecule has 3 N–H and O–H groups in total. The molecule has 1 aliphatic carbocycles. The second kappa shape index (κ2) is 8.44. The highest BCUT2D eigenvalue weighted by Crippen LogP contribution is 2.40. The lowest BCUT2D eigenvalue weighted by atomic mass is 9.77. The molecular weight excluding hydrogens is 370 g/mol. The molecule has 1 aromatic rings. The summed E-state index contributed by atoms with van der Waals surface area (Å²) in [5, 5.41) is 2.82. The Morgan fingerprint density at radius 2 is 2.03 bits per heavy atom. The van der Waals surface area contributed by atoms with Gasteiger partial charge < -0.3 is 19.5 Å². The molecule has 29 heavy (non-hydrogen) atoms. The average Bonchev–Trinajstić information content (AvgIpc) is 3.41. The maximum Gasteiger partial charge on any atom is 0.407 e. The van der Waals surface area contributed by atoms with Gasteiger partial charge >= 0.3 is 6.09 Å². The number of hydrogen-bond donors (Lipinski definition) is 3. The van der Waals surface area contributed by atoms with E-state index in [0.29, 0.717) is 38.3 Å². The molecule has 2 fully saturated rings. The molecule has 7 heteroatoms. The maximum atomic E-state index is 12.0. The zero-order valence-corrected chi connectivity index (χ0v) is 16.6. The molecule has 156 valence electrons. The zero-order valence-electron chi connectivity index (χ0n) is 16.6. The molecule has 5 rings (SSSR count). The Bertz CT molecular complexity index is 796. The largest absolute Gasteiger partial charge is 0.445 e. The van der Waals surface area contributed by atoms with E-state index < -0.39 is 0 Å². The molecule has 0 aromatic heterocycles. The molecule has 4 bridgehead atoms. The second-order valence-corrected chi connectivity index (χ2v) is 8.41. The van der Waals surface area contributed by atoms with Gasteiger partial charge in [0.15, 0.2) is 0 Å². The predicted molar refractivity (Wildman–Crippen MR) is 108 cm³/mol. The van der Waals surface area contributed by atoms with E-state index in [1.54, 1.807) is 0 Å². The van der Waals surface area contributed by atoms with E-state index in [2.05, 4.69) is 40.4 Å². The molecule has 3 heterocycles. The van der Waals surface area contributed by atoms with Crippen LogP contribution in [0, 0.1) is 5.92 Å². The van der Waals surface area contributed by atoms with Gasteiger partial charge in [-0.1, -0.05) is 12.1 Å². The molecule has 1 saturated carbocycles. The van der Waals surface area contributed by atoms with Gasteiger partial charge in [0.05, 0.1) is 25.4 Å². The minimum Gasteiger partial charge on any atom is -0.445 e. The van der Waals surface area contributed by atoms with Crippen molar-refractivity contribution < 1.29 is 19.0 Å². The van der Waals surface area contributed by atoms with Crippen molar-refractivity contribution in [3.63, 3.8) is 0 Å². The van der Waals surface area contributed by atoms with Gasteiger partial charge in [-0.2, -0.15) is 0 Å². The van der Waals surface area contributed by atoms with Gasteiger partial charge in [0.2, 0.25) is 0 Å². The molecule has 0 spiro atoms. The molecule has 3 aliphatic heterocycles. The number of hydrogen-bond acceptors (Lipinski definition) is 6. The van der Waals surface area contributed by atoms with Crippen LogP contribution in [0.3, 0.4) is 0 Å². The molecular formula is C22H29N3O4. The topological polar surface area (TPSA) is 80.9 Å². The summed E-state index contributed by atoms with van der Waals surface area (Å²) in [5.74, 6) is 0.483. The number of amides is 1. The van der Waals surface area contributed by atoms with Crippen LogP contribution in [-0.4, -0.2) is 44.6 Å². The van der Waals surface area contributed by atoms with Crippen LogP contribution in [0.15, 0.2) is 24.3 Å². The monoisotopic (exact) mass is 399 g/mol. The maximum absolute atomic E-state index is 12.0. The van der Waals surface area contributed by atoms with Crippen LogP contribution >= 0.6 is 0 Å². The molecule has 1 aromatic carbocycles. The number of cyclic esters (lactones) is 1. The number of benzene rings is 1. The Kier molecular flexibility index (Phi) is 5.54. The summed E-state index contributed by atoms with van der Waals surface area (Å²) in [6.45, 7) is 2.77. The van der Waals surface area contributed by atoms with Crippen LogP contribution in [0.4, 0.5) is 4.79 Å². The molecule has 4 atom stereocenters. The van der Waals surface area contributed by atoms with Gasteiger partial charge in [-0.05, 0) is 66.0 Å². The van der Waals surface area contributed by atoms with E-state index in [1.807, 2.05) is 0 Å². The third-order valence-corrected chi connectivity index (χ3v) is 6.47. The summed E-state index contributed by atoms with van der Waals surface area (Å²) in [5.41, 5.74) is 11.6. The third kappa shape index (κ3) is 4.19. The summed E-state index contributed by atoms with van der Waals surface area (Å²) < 4.78 is 17.1. The second-order valence-electron chi connectivity index (χ2n) is 8.41. The molecule has 1 saturated heterocycles. The van der Waals surface area contributed by atoms with Crippen molar-refractivity contribution >= 4 is 11.7 Å². The van der Waals surface area contributed by atoms with Crippen molar-refractivity contribution in [2.75, 3.05) is 26.4 Å². The fourth-order valence-corrected chi connectivity index (χ4v) is 4.97. The van der Waals surface area contributed by atoms with Crippen LogP contribution in [-0.2, 0) is 20.8 Å². The van der Waals surface area contributed by atoms with E-state index in [1.165, 1.54) is 11.1 Å². The smallest absolute Gasteiger partial charge is 0.407 e. The third-order valence-electron chi connectivity index (χ3n) is 6.47. The number of carbonyl (C=O) groups is 1. The lowest BCUT2D eigenvalue weighted by Crippen LogP contribution is -2.37. The number of hydrazine groups is 1. The summed E-state index contributed by atoms with van der Waals surface area (Å²) in [7, 11) is 0. The van der Waals surface area contributed by atoms with Crippen molar-refractivity contribution in [2.24, 2.45) is 5.92 Å². The summed E-state index contributed by atoms with van der Waals surface area (Å²) in [6.07, 6.45) is 6.07. The number of rotatable bonds is 1. The minimum absolute atomic E-state index is 0.215. The van der Waals surface area contributed by atoms with Crippen molar-refractivity contribution in [1.29, 1.82) is 0 Å². The average molecular weight is 399 g/mol. The van der Waals surface area contributed by atoms with Gasteiger partial charge in [-0.3, -0.25) is 5.43 Å². The van der Waals surface area contributed by atoms with E-state index in [-0.39, 0.29) is 24.8 Å². The van der Waals surface area contributed by atoms with E-state index in [9.17, 15) is 4.79 Å². The Morgan fingerprint density at radius 3 is 2.93 bits per heavy atom. The highest BCUT2D eigenvalue weighted by Gasteiger charge is 2.41. The van der Waals surface area contributed by atoms with Gasteiger partial charge in [0, 0.05) is 19.2 Å². The van der Waals surface area contributed by atoms with Crippen molar-refractivity contribution in [1.82, 2.24) is 16.2 Å². The Labute approximate surface area is 171 Å². The fraction of sp³-hybridized carbons (Fsp3) is 0.591. The standard InChI is InChI=1S/C22H29N3O4/c26-22-23-5-1-6-28-18-2-3-20-19(11-18)21(25-24-20)17-9-14(12-29-22)8-16(10-17)15-4-7-27-13-15/h4,8-10,18-21,24-25H,1-3,5-7,11-13H2,(H,23,26). The van der Waals surface area contributed by atoms with Gasteiger partial charge in [-0.15, -0.1) is 0 Å².